The van der Waals surface area contributed by atoms with E-state index in [1.54, 1.807) is 7.05 Å². The van der Waals surface area contributed by atoms with Crippen LogP contribution in [0.2, 0.25) is 0 Å². The van der Waals surface area contributed by atoms with Gasteiger partial charge < -0.3 is 25.4 Å². The molecule has 1 spiro atoms. The van der Waals surface area contributed by atoms with E-state index in [1.165, 1.54) is 4.90 Å². The highest BCUT2D eigenvalue weighted by molar-refractivity contribution is 5.99. The minimum atomic E-state index is -1.11. The highest BCUT2D eigenvalue weighted by atomic mass is 16.5. The molecule has 33 heavy (non-hydrogen) atoms. The van der Waals surface area contributed by atoms with Crippen molar-refractivity contribution >= 4 is 17.7 Å². The maximum absolute atomic E-state index is 13.9. The van der Waals surface area contributed by atoms with Crippen molar-refractivity contribution in [3.63, 3.8) is 0 Å². The van der Waals surface area contributed by atoms with Crippen LogP contribution >= 0.6 is 0 Å². The Morgan fingerprint density at radius 2 is 1.91 bits per heavy atom. The molecule has 3 amide bonds. The number of benzene rings is 1. The molecule has 3 fully saturated rings. The van der Waals surface area contributed by atoms with E-state index < -0.39 is 35.1 Å². The lowest BCUT2D eigenvalue weighted by atomic mass is 9.62. The molecule has 2 bridgehead atoms. The van der Waals surface area contributed by atoms with Crippen LogP contribution in [-0.2, 0) is 25.7 Å². The quantitative estimate of drug-likeness (QED) is 0.568. The molecule has 3 aliphatic heterocycles. The van der Waals surface area contributed by atoms with Crippen LogP contribution in [0.1, 0.15) is 39.7 Å². The second-order valence-corrected chi connectivity index (χ2v) is 10.3. The number of ether oxygens (including phenoxy) is 1. The van der Waals surface area contributed by atoms with Crippen molar-refractivity contribution in [2.75, 3.05) is 13.7 Å². The Hall–Kier alpha value is -2.45. The molecule has 1 aromatic rings. The average molecular weight is 458 g/mol. The van der Waals surface area contributed by atoms with Crippen LogP contribution in [0.25, 0.3) is 0 Å². The minimum absolute atomic E-state index is 0.0140. The van der Waals surface area contributed by atoms with Crippen LogP contribution in [0, 0.1) is 23.7 Å². The standard InChI is InChI=1S/C25H35N3O5/c1-14(2)17(13-29)28-20(22(31)27-12-16-9-7-6-8-10-16)25-11-15(3)24(4,33-25)18(21(30)26-5)19(25)23(28)32/h6-10,14-15,17-20,29H,11-13H2,1-5H3,(H,26,30)(H,27,31)/t15?,17-,18-,19-,20?,24+,25?/m0/s1. The maximum atomic E-state index is 13.9. The van der Waals surface area contributed by atoms with E-state index in [0.29, 0.717) is 13.0 Å². The predicted molar refractivity (Wildman–Crippen MR) is 122 cm³/mol. The fourth-order valence-corrected chi connectivity index (χ4v) is 6.39. The molecule has 3 heterocycles. The van der Waals surface area contributed by atoms with E-state index in [4.69, 9.17) is 4.74 Å². The van der Waals surface area contributed by atoms with Gasteiger partial charge in [-0.3, -0.25) is 14.4 Å². The summed E-state index contributed by atoms with van der Waals surface area (Å²) in [4.78, 5) is 42.2. The molecule has 0 aromatic heterocycles. The van der Waals surface area contributed by atoms with Gasteiger partial charge >= 0.3 is 0 Å². The van der Waals surface area contributed by atoms with E-state index in [9.17, 15) is 19.5 Å². The Morgan fingerprint density at radius 1 is 1.24 bits per heavy atom. The molecule has 3 saturated heterocycles. The summed E-state index contributed by atoms with van der Waals surface area (Å²) in [6.45, 7) is 7.77. The van der Waals surface area contributed by atoms with Gasteiger partial charge in [0, 0.05) is 13.6 Å². The SMILES string of the molecule is CNC(=O)[C@@H]1[C@H]2C(=O)N([C@@H](CO)C(C)C)C(C(=O)NCc3ccccc3)C23CC(C)[C@@]1(C)O3. The summed E-state index contributed by atoms with van der Waals surface area (Å²) < 4.78 is 6.61. The molecule has 3 unspecified atom stereocenters. The van der Waals surface area contributed by atoms with Crippen LogP contribution in [0.3, 0.4) is 0 Å². The summed E-state index contributed by atoms with van der Waals surface area (Å²) in [6.07, 6.45) is 0.504. The topological polar surface area (TPSA) is 108 Å². The summed E-state index contributed by atoms with van der Waals surface area (Å²) in [5.41, 5.74) is -0.999. The first-order chi connectivity index (χ1) is 15.6. The number of nitrogens with one attached hydrogen (secondary N) is 2. The first-order valence-electron chi connectivity index (χ1n) is 11.8. The van der Waals surface area contributed by atoms with Gasteiger partial charge in [-0.25, -0.2) is 0 Å². The van der Waals surface area contributed by atoms with Crippen LogP contribution in [0.5, 0.6) is 0 Å². The fraction of sp³-hybridized carbons (Fsp3) is 0.640. The van der Waals surface area contributed by atoms with Gasteiger partial charge in [-0.15, -0.1) is 0 Å². The Morgan fingerprint density at radius 3 is 2.48 bits per heavy atom. The largest absolute Gasteiger partial charge is 0.394 e. The van der Waals surface area contributed by atoms with E-state index in [-0.39, 0.29) is 36.2 Å². The molecule has 8 heteroatoms. The zero-order chi connectivity index (χ0) is 24.1. The van der Waals surface area contributed by atoms with Gasteiger partial charge in [0.25, 0.3) is 0 Å². The summed E-state index contributed by atoms with van der Waals surface area (Å²) in [6, 6.07) is 8.09. The van der Waals surface area contributed by atoms with E-state index in [0.717, 1.165) is 5.56 Å². The molecule has 180 valence electrons. The Bertz CT molecular complexity index is 937. The lowest BCUT2D eigenvalue weighted by molar-refractivity contribution is -0.152. The molecular formula is C25H35N3O5. The number of carbonyl (C=O) groups excluding carboxylic acids is 3. The molecule has 7 atom stereocenters. The first kappa shape index (κ1) is 23.7. The number of likely N-dealkylation sites (tertiary alicyclic amines) is 1. The average Bonchev–Trinajstić information content (AvgIpc) is 3.30. The smallest absolute Gasteiger partial charge is 0.246 e. The molecule has 8 nitrogen and oxygen atoms in total. The maximum Gasteiger partial charge on any atom is 0.246 e. The molecule has 0 aliphatic carbocycles. The summed E-state index contributed by atoms with van der Waals surface area (Å²) in [5, 5.41) is 15.9. The lowest BCUT2D eigenvalue weighted by Crippen LogP contribution is -2.59. The molecule has 0 radical (unpaired) electrons. The summed E-state index contributed by atoms with van der Waals surface area (Å²) in [7, 11) is 1.56. The molecule has 4 rings (SSSR count). The Kier molecular flexibility index (Phi) is 6.03. The predicted octanol–water partition coefficient (Wildman–Crippen LogP) is 1.08. The zero-order valence-corrected chi connectivity index (χ0v) is 20.0. The van der Waals surface area contributed by atoms with E-state index in [2.05, 4.69) is 10.6 Å². The first-order valence-corrected chi connectivity index (χ1v) is 11.8. The van der Waals surface area contributed by atoms with Gasteiger partial charge in [0.05, 0.1) is 30.1 Å². The molecule has 1 aromatic carbocycles. The van der Waals surface area contributed by atoms with Gasteiger partial charge in [0.15, 0.2) is 0 Å². The van der Waals surface area contributed by atoms with Gasteiger partial charge in [-0.05, 0) is 30.7 Å². The van der Waals surface area contributed by atoms with E-state index >= 15 is 0 Å². The lowest BCUT2D eigenvalue weighted by Gasteiger charge is -2.38. The van der Waals surface area contributed by atoms with Crippen LogP contribution in [0.15, 0.2) is 30.3 Å². The van der Waals surface area contributed by atoms with E-state index in [1.807, 2.05) is 58.0 Å². The molecule has 3 aliphatic rings. The van der Waals surface area contributed by atoms with Gasteiger partial charge in [0.2, 0.25) is 17.7 Å². The highest BCUT2D eigenvalue weighted by Gasteiger charge is 2.80. The summed E-state index contributed by atoms with van der Waals surface area (Å²) >= 11 is 0. The van der Waals surface area contributed by atoms with Crippen molar-refractivity contribution in [2.45, 2.75) is 63.9 Å². The van der Waals surface area contributed by atoms with Crippen molar-refractivity contribution < 1.29 is 24.2 Å². The van der Waals surface area contributed by atoms with Crippen LogP contribution in [0.4, 0.5) is 0 Å². The minimum Gasteiger partial charge on any atom is -0.394 e. The molecule has 0 saturated carbocycles. The third-order valence-corrected chi connectivity index (χ3v) is 8.15. The van der Waals surface area contributed by atoms with Crippen LogP contribution in [-0.4, -0.2) is 64.7 Å². The third kappa shape index (κ3) is 3.37. The van der Waals surface area contributed by atoms with Crippen molar-refractivity contribution in [3.05, 3.63) is 35.9 Å². The molecule has 3 N–H and O–H groups in total. The van der Waals surface area contributed by atoms with Crippen molar-refractivity contribution in [1.29, 1.82) is 0 Å². The number of aliphatic hydroxyl groups is 1. The Labute approximate surface area is 195 Å². The van der Waals surface area contributed by atoms with Crippen molar-refractivity contribution in [3.8, 4) is 0 Å². The number of fused-ring (bicyclic) bond motifs is 1. The van der Waals surface area contributed by atoms with Crippen LogP contribution < -0.4 is 10.6 Å². The highest BCUT2D eigenvalue weighted by Crippen LogP contribution is 2.65. The van der Waals surface area contributed by atoms with Gasteiger partial charge in [0.1, 0.15) is 11.6 Å². The normalized spacial score (nSPS) is 35.6. The fourth-order valence-electron chi connectivity index (χ4n) is 6.39. The van der Waals surface area contributed by atoms with Gasteiger partial charge in [-0.2, -0.15) is 0 Å². The van der Waals surface area contributed by atoms with Crippen molar-refractivity contribution in [1.82, 2.24) is 15.5 Å². The van der Waals surface area contributed by atoms with Gasteiger partial charge in [-0.1, -0.05) is 51.1 Å². The third-order valence-electron chi connectivity index (χ3n) is 8.15. The number of rotatable bonds is 7. The second-order valence-electron chi connectivity index (χ2n) is 10.3. The zero-order valence-electron chi connectivity index (χ0n) is 20.0. The molecular weight excluding hydrogens is 422 g/mol. The number of hydrogen-bond acceptors (Lipinski definition) is 5. The monoisotopic (exact) mass is 457 g/mol. The van der Waals surface area contributed by atoms with Crippen molar-refractivity contribution in [2.24, 2.45) is 23.7 Å². The Balaban J connectivity index is 1.76. The second kappa shape index (κ2) is 8.40. The number of aliphatic hydroxyl groups excluding tert-OH is 1. The number of hydrogen-bond donors (Lipinski definition) is 3. The number of carbonyl (C=O) groups is 3. The summed E-state index contributed by atoms with van der Waals surface area (Å²) in [5.74, 6) is -2.41. The number of nitrogens with zero attached hydrogens (tertiary/aromatic N) is 1. The number of amides is 3.